The molecule has 0 spiro atoms. The lowest BCUT2D eigenvalue weighted by Crippen LogP contribution is -2.30. The van der Waals surface area contributed by atoms with Crippen LogP contribution in [0.25, 0.3) is 0 Å². The molecule has 1 amide bonds. The third-order valence-corrected chi connectivity index (χ3v) is 4.20. The molecule has 1 aromatic heterocycles. The number of carbonyl (C=O) groups is 3. The molecule has 0 aliphatic carbocycles. The molecule has 1 aromatic carbocycles. The van der Waals surface area contributed by atoms with Crippen LogP contribution in [-0.2, 0) is 14.3 Å². The monoisotopic (exact) mass is 418 g/mol. The van der Waals surface area contributed by atoms with Crippen LogP contribution in [0.3, 0.4) is 0 Å². The van der Waals surface area contributed by atoms with Crippen molar-refractivity contribution in [1.82, 2.24) is 4.98 Å². The number of anilines is 1. The molecule has 0 fully saturated rings. The van der Waals surface area contributed by atoms with E-state index in [4.69, 9.17) is 21.1 Å². The van der Waals surface area contributed by atoms with Crippen molar-refractivity contribution in [3.05, 3.63) is 53.3 Å². The summed E-state index contributed by atoms with van der Waals surface area (Å²) < 4.78 is 10.6. The molecule has 2 aromatic rings. The average molecular weight is 419 g/mol. The van der Waals surface area contributed by atoms with E-state index in [0.717, 1.165) is 6.42 Å². The zero-order valence-corrected chi connectivity index (χ0v) is 17.1. The number of amides is 1. The van der Waals surface area contributed by atoms with Crippen LogP contribution in [-0.4, -0.2) is 35.4 Å². The van der Waals surface area contributed by atoms with Crippen LogP contribution in [0.5, 0.6) is 5.75 Å². The number of hydrogen-bond acceptors (Lipinski definition) is 6. The van der Waals surface area contributed by atoms with Crippen LogP contribution in [0.2, 0.25) is 5.15 Å². The maximum atomic E-state index is 12.2. The van der Waals surface area contributed by atoms with Gasteiger partial charge in [-0.2, -0.15) is 0 Å². The molecule has 0 radical (unpaired) electrons. The van der Waals surface area contributed by atoms with E-state index in [2.05, 4.69) is 10.3 Å². The highest BCUT2D eigenvalue weighted by Crippen LogP contribution is 2.18. The van der Waals surface area contributed by atoms with Gasteiger partial charge in [0.1, 0.15) is 5.75 Å². The van der Waals surface area contributed by atoms with Gasteiger partial charge < -0.3 is 14.8 Å². The van der Waals surface area contributed by atoms with Crippen LogP contribution in [0.15, 0.2) is 42.6 Å². The molecule has 29 heavy (non-hydrogen) atoms. The number of nitrogens with one attached hydrogen (secondary N) is 1. The summed E-state index contributed by atoms with van der Waals surface area (Å²) in [5.74, 6) is -0.678. The molecule has 1 N–H and O–H groups in total. The van der Waals surface area contributed by atoms with Crippen molar-refractivity contribution in [1.29, 1.82) is 0 Å². The first-order chi connectivity index (χ1) is 13.9. The van der Waals surface area contributed by atoms with Gasteiger partial charge in [-0.15, -0.1) is 0 Å². The Labute approximate surface area is 174 Å². The van der Waals surface area contributed by atoms with Crippen molar-refractivity contribution in [3.8, 4) is 5.75 Å². The molecule has 0 aliphatic rings. The van der Waals surface area contributed by atoms with Gasteiger partial charge in [0, 0.05) is 18.2 Å². The molecule has 1 heterocycles. The SMILES string of the molecule is CCCOc1ccc(C(=O)CCC(=O)O[C@H](C)C(=O)Nc2cccnc2Cl)cc1. The van der Waals surface area contributed by atoms with Crippen molar-refractivity contribution in [2.75, 3.05) is 11.9 Å². The van der Waals surface area contributed by atoms with E-state index in [-0.39, 0.29) is 23.8 Å². The number of hydrogen-bond donors (Lipinski definition) is 1. The Balaban J connectivity index is 1.78. The summed E-state index contributed by atoms with van der Waals surface area (Å²) in [5, 5.41) is 2.67. The first kappa shape index (κ1) is 22.4. The third-order valence-electron chi connectivity index (χ3n) is 3.90. The van der Waals surface area contributed by atoms with E-state index in [0.29, 0.717) is 23.6 Å². The van der Waals surface area contributed by atoms with E-state index >= 15 is 0 Å². The summed E-state index contributed by atoms with van der Waals surface area (Å²) in [5.41, 5.74) is 0.808. The maximum absolute atomic E-state index is 12.2. The largest absolute Gasteiger partial charge is 0.494 e. The maximum Gasteiger partial charge on any atom is 0.307 e. The quantitative estimate of drug-likeness (QED) is 0.355. The van der Waals surface area contributed by atoms with Crippen molar-refractivity contribution in [2.45, 2.75) is 39.2 Å². The van der Waals surface area contributed by atoms with E-state index in [1.165, 1.54) is 13.1 Å². The molecule has 0 aliphatic heterocycles. The number of benzene rings is 1. The number of Topliss-reactive ketones (excluding diaryl/α,β-unsaturated/α-hetero) is 1. The molecule has 8 heteroatoms. The minimum atomic E-state index is -1.04. The molecule has 7 nitrogen and oxygen atoms in total. The van der Waals surface area contributed by atoms with Gasteiger partial charge in [0.05, 0.1) is 18.7 Å². The highest BCUT2D eigenvalue weighted by Gasteiger charge is 2.19. The number of rotatable bonds is 10. The fourth-order valence-electron chi connectivity index (χ4n) is 2.34. The van der Waals surface area contributed by atoms with Crippen LogP contribution < -0.4 is 10.1 Å². The molecule has 2 rings (SSSR count). The summed E-state index contributed by atoms with van der Waals surface area (Å²) in [6.07, 6.45) is 1.21. The lowest BCUT2D eigenvalue weighted by atomic mass is 10.1. The average Bonchev–Trinajstić information content (AvgIpc) is 2.72. The number of carbonyl (C=O) groups excluding carboxylic acids is 3. The molecule has 0 bridgehead atoms. The Bertz CT molecular complexity index is 854. The second-order valence-electron chi connectivity index (χ2n) is 6.26. The van der Waals surface area contributed by atoms with Crippen molar-refractivity contribution < 1.29 is 23.9 Å². The lowest BCUT2D eigenvalue weighted by molar-refractivity contribution is -0.153. The Morgan fingerprint density at radius 2 is 1.86 bits per heavy atom. The van der Waals surface area contributed by atoms with Crippen molar-refractivity contribution >= 4 is 34.9 Å². The standard InChI is InChI=1S/C21H23ClN2O5/c1-3-13-28-16-8-6-15(7-9-16)18(25)10-11-19(26)29-14(2)21(27)24-17-5-4-12-23-20(17)22/h4-9,12,14H,3,10-11,13H2,1-2H3,(H,24,27)/t14-/m1/s1. The molecule has 0 unspecified atom stereocenters. The van der Waals surface area contributed by atoms with Crippen molar-refractivity contribution in [2.24, 2.45) is 0 Å². The van der Waals surface area contributed by atoms with E-state index in [1.54, 1.807) is 36.4 Å². The van der Waals surface area contributed by atoms with Crippen LogP contribution in [0.1, 0.15) is 43.5 Å². The minimum Gasteiger partial charge on any atom is -0.494 e. The number of halogens is 1. The zero-order chi connectivity index (χ0) is 21.2. The topological polar surface area (TPSA) is 94.6 Å². The van der Waals surface area contributed by atoms with Crippen LogP contribution in [0.4, 0.5) is 5.69 Å². The fourth-order valence-corrected chi connectivity index (χ4v) is 2.51. The van der Waals surface area contributed by atoms with Gasteiger partial charge >= 0.3 is 5.97 Å². The third kappa shape index (κ3) is 7.19. The number of aromatic nitrogens is 1. The van der Waals surface area contributed by atoms with E-state index in [9.17, 15) is 14.4 Å². The molecule has 0 saturated heterocycles. The first-order valence-corrected chi connectivity index (χ1v) is 9.65. The summed E-state index contributed by atoms with van der Waals surface area (Å²) in [6, 6.07) is 9.96. The number of ether oxygens (including phenoxy) is 2. The number of pyridine rings is 1. The van der Waals surface area contributed by atoms with Crippen molar-refractivity contribution in [3.63, 3.8) is 0 Å². The lowest BCUT2D eigenvalue weighted by Gasteiger charge is -2.13. The molecular weight excluding hydrogens is 396 g/mol. The second-order valence-corrected chi connectivity index (χ2v) is 6.62. The Morgan fingerprint density at radius 3 is 2.52 bits per heavy atom. The van der Waals surface area contributed by atoms with Crippen LogP contribution in [0, 0.1) is 0 Å². The summed E-state index contributed by atoms with van der Waals surface area (Å²) in [6.45, 7) is 4.06. The first-order valence-electron chi connectivity index (χ1n) is 9.27. The van der Waals surface area contributed by atoms with Gasteiger partial charge in [-0.25, -0.2) is 4.98 Å². The van der Waals surface area contributed by atoms with Crippen LogP contribution >= 0.6 is 11.6 Å². The number of nitrogens with zero attached hydrogens (tertiary/aromatic N) is 1. The predicted octanol–water partition coefficient (Wildman–Crippen LogP) is 4.06. The van der Waals surface area contributed by atoms with Gasteiger partial charge in [-0.1, -0.05) is 18.5 Å². The highest BCUT2D eigenvalue weighted by molar-refractivity contribution is 6.32. The molecular formula is C21H23ClN2O5. The molecule has 0 saturated carbocycles. The summed E-state index contributed by atoms with van der Waals surface area (Å²) >= 11 is 5.88. The normalized spacial score (nSPS) is 11.4. The van der Waals surface area contributed by atoms with Gasteiger partial charge in [-0.05, 0) is 49.7 Å². The number of esters is 1. The minimum absolute atomic E-state index is 0.0171. The smallest absolute Gasteiger partial charge is 0.307 e. The summed E-state index contributed by atoms with van der Waals surface area (Å²) in [4.78, 5) is 40.2. The van der Waals surface area contributed by atoms with Gasteiger partial charge in [0.15, 0.2) is 17.0 Å². The Morgan fingerprint density at radius 1 is 1.14 bits per heavy atom. The Hall–Kier alpha value is -2.93. The number of ketones is 1. The van der Waals surface area contributed by atoms with Gasteiger partial charge in [0.25, 0.3) is 5.91 Å². The zero-order valence-electron chi connectivity index (χ0n) is 16.3. The molecule has 154 valence electrons. The predicted molar refractivity (Wildman–Crippen MR) is 109 cm³/mol. The van der Waals surface area contributed by atoms with E-state index < -0.39 is 18.0 Å². The highest BCUT2D eigenvalue weighted by atomic mass is 35.5. The second kappa shape index (κ2) is 11.2. The summed E-state index contributed by atoms with van der Waals surface area (Å²) in [7, 11) is 0. The van der Waals surface area contributed by atoms with E-state index in [1.807, 2.05) is 6.92 Å². The van der Waals surface area contributed by atoms with Gasteiger partial charge in [-0.3, -0.25) is 14.4 Å². The van der Waals surface area contributed by atoms with Gasteiger partial charge in [0.2, 0.25) is 0 Å². The Kier molecular flexibility index (Phi) is 8.61. The fraction of sp³-hybridized carbons (Fsp3) is 0.333. The molecule has 1 atom stereocenters.